The van der Waals surface area contributed by atoms with Gasteiger partial charge in [-0.05, 0) is 42.2 Å². The number of hydrogen-bond donors (Lipinski definition) is 0. The molecule has 0 fully saturated rings. The second kappa shape index (κ2) is 5.88. The quantitative estimate of drug-likeness (QED) is 0.368. The van der Waals surface area contributed by atoms with Gasteiger partial charge in [-0.3, -0.25) is 0 Å². The number of furan rings is 1. The van der Waals surface area contributed by atoms with Crippen molar-refractivity contribution in [1.82, 2.24) is 0 Å². The fraction of sp³-hybridized carbons (Fsp3) is 0.190. The van der Waals surface area contributed by atoms with Crippen molar-refractivity contribution < 1.29 is 8.83 Å². The van der Waals surface area contributed by atoms with Gasteiger partial charge in [0, 0.05) is 32.4 Å². The summed E-state index contributed by atoms with van der Waals surface area (Å²) in [5.41, 5.74) is 4.84. The SMILES string of the molecule is Cc1c(C(C)C)c(=O)oc2cc3occ(-c4ccc(Br)cc4)c3cc12. The molecule has 0 aliphatic heterocycles. The van der Waals surface area contributed by atoms with Crippen LogP contribution in [0.1, 0.15) is 30.9 Å². The van der Waals surface area contributed by atoms with Crippen molar-refractivity contribution in [3.05, 3.63) is 68.7 Å². The van der Waals surface area contributed by atoms with E-state index in [1.165, 1.54) is 0 Å². The van der Waals surface area contributed by atoms with Gasteiger partial charge in [0.1, 0.15) is 11.2 Å². The van der Waals surface area contributed by atoms with Crippen LogP contribution in [0.25, 0.3) is 33.1 Å². The fourth-order valence-electron chi connectivity index (χ4n) is 3.41. The molecule has 4 heteroatoms. The third-order valence-corrected chi connectivity index (χ3v) is 5.17. The molecular formula is C21H17BrO3. The lowest BCUT2D eigenvalue weighted by Gasteiger charge is -2.10. The van der Waals surface area contributed by atoms with E-state index in [1.54, 1.807) is 6.26 Å². The van der Waals surface area contributed by atoms with Crippen LogP contribution in [0.2, 0.25) is 0 Å². The van der Waals surface area contributed by atoms with Crippen LogP contribution < -0.4 is 5.63 Å². The van der Waals surface area contributed by atoms with E-state index in [-0.39, 0.29) is 11.5 Å². The van der Waals surface area contributed by atoms with Crippen LogP contribution in [0.3, 0.4) is 0 Å². The Bertz CT molecular complexity index is 1150. The number of hydrogen-bond acceptors (Lipinski definition) is 3. The van der Waals surface area contributed by atoms with E-state index in [1.807, 2.05) is 39.0 Å². The van der Waals surface area contributed by atoms with Gasteiger partial charge in [-0.15, -0.1) is 0 Å². The van der Waals surface area contributed by atoms with Gasteiger partial charge < -0.3 is 8.83 Å². The Balaban J connectivity index is 2.03. The van der Waals surface area contributed by atoms with Crippen LogP contribution in [0, 0.1) is 6.92 Å². The van der Waals surface area contributed by atoms with E-state index in [4.69, 9.17) is 8.83 Å². The zero-order valence-electron chi connectivity index (χ0n) is 14.2. The predicted molar refractivity (Wildman–Crippen MR) is 104 cm³/mol. The predicted octanol–water partition coefficient (Wildman–Crippen LogP) is 6.40. The Hall–Kier alpha value is -2.33. The smallest absolute Gasteiger partial charge is 0.339 e. The van der Waals surface area contributed by atoms with E-state index >= 15 is 0 Å². The maximum Gasteiger partial charge on any atom is 0.339 e. The highest BCUT2D eigenvalue weighted by Gasteiger charge is 2.17. The molecule has 0 unspecified atom stereocenters. The number of rotatable bonds is 2. The largest absolute Gasteiger partial charge is 0.464 e. The Morgan fingerprint density at radius 1 is 1.00 bits per heavy atom. The van der Waals surface area contributed by atoms with E-state index in [2.05, 4.69) is 34.1 Å². The van der Waals surface area contributed by atoms with Gasteiger partial charge in [-0.2, -0.15) is 0 Å². The highest BCUT2D eigenvalue weighted by molar-refractivity contribution is 9.10. The molecule has 0 atom stereocenters. The lowest BCUT2D eigenvalue weighted by Crippen LogP contribution is -2.11. The Kier molecular flexibility index (Phi) is 3.80. The molecule has 0 bridgehead atoms. The first-order valence-electron chi connectivity index (χ1n) is 8.20. The second-order valence-electron chi connectivity index (χ2n) is 6.58. The molecule has 25 heavy (non-hydrogen) atoms. The molecule has 2 aromatic carbocycles. The van der Waals surface area contributed by atoms with Crippen LogP contribution >= 0.6 is 15.9 Å². The molecule has 0 saturated carbocycles. The molecular weight excluding hydrogens is 380 g/mol. The Morgan fingerprint density at radius 2 is 1.72 bits per heavy atom. The highest BCUT2D eigenvalue weighted by atomic mass is 79.9. The van der Waals surface area contributed by atoms with Crippen molar-refractivity contribution in [2.75, 3.05) is 0 Å². The average Bonchev–Trinajstić information content (AvgIpc) is 2.96. The van der Waals surface area contributed by atoms with E-state index in [0.717, 1.165) is 37.5 Å². The van der Waals surface area contributed by atoms with E-state index in [9.17, 15) is 4.79 Å². The van der Waals surface area contributed by atoms with Crippen LogP contribution in [0.5, 0.6) is 0 Å². The molecule has 0 spiro atoms. The van der Waals surface area contributed by atoms with Gasteiger partial charge in [-0.25, -0.2) is 4.79 Å². The van der Waals surface area contributed by atoms with Crippen molar-refractivity contribution in [1.29, 1.82) is 0 Å². The molecule has 0 aliphatic rings. The molecule has 0 saturated heterocycles. The zero-order valence-corrected chi connectivity index (χ0v) is 15.8. The molecule has 0 N–H and O–H groups in total. The van der Waals surface area contributed by atoms with Gasteiger partial charge in [0.25, 0.3) is 0 Å². The summed E-state index contributed by atoms with van der Waals surface area (Å²) in [5.74, 6) is 0.117. The lowest BCUT2D eigenvalue weighted by molar-refractivity contribution is 0.541. The van der Waals surface area contributed by atoms with Crippen molar-refractivity contribution in [2.24, 2.45) is 0 Å². The summed E-state index contributed by atoms with van der Waals surface area (Å²) in [7, 11) is 0. The summed E-state index contributed by atoms with van der Waals surface area (Å²) >= 11 is 3.46. The first kappa shape index (κ1) is 16.2. The first-order valence-corrected chi connectivity index (χ1v) is 8.99. The van der Waals surface area contributed by atoms with Crippen LogP contribution in [-0.2, 0) is 0 Å². The summed E-state index contributed by atoms with van der Waals surface area (Å²) in [6, 6.07) is 12.0. The zero-order chi connectivity index (χ0) is 17.7. The molecule has 4 rings (SSSR count). The summed E-state index contributed by atoms with van der Waals surface area (Å²) < 4.78 is 12.3. The van der Waals surface area contributed by atoms with Crippen molar-refractivity contribution in [3.8, 4) is 11.1 Å². The lowest BCUT2D eigenvalue weighted by atomic mass is 9.96. The third-order valence-electron chi connectivity index (χ3n) is 4.64. The molecule has 0 aliphatic carbocycles. The van der Waals surface area contributed by atoms with Gasteiger partial charge in [0.05, 0.1) is 6.26 Å². The topological polar surface area (TPSA) is 43.4 Å². The van der Waals surface area contributed by atoms with Gasteiger partial charge in [0.15, 0.2) is 0 Å². The molecule has 4 aromatic rings. The minimum Gasteiger partial charge on any atom is -0.464 e. The second-order valence-corrected chi connectivity index (χ2v) is 7.50. The molecule has 2 aromatic heterocycles. The van der Waals surface area contributed by atoms with Crippen molar-refractivity contribution in [3.63, 3.8) is 0 Å². The Morgan fingerprint density at radius 3 is 2.40 bits per heavy atom. The molecule has 0 amide bonds. The number of benzene rings is 2. The van der Waals surface area contributed by atoms with Gasteiger partial charge in [0.2, 0.25) is 0 Å². The first-order chi connectivity index (χ1) is 12.0. The van der Waals surface area contributed by atoms with Crippen molar-refractivity contribution in [2.45, 2.75) is 26.7 Å². The molecule has 3 nitrogen and oxygen atoms in total. The fourth-order valence-corrected chi connectivity index (χ4v) is 3.67. The van der Waals surface area contributed by atoms with Crippen LogP contribution in [0.15, 0.2) is 60.8 Å². The molecule has 126 valence electrons. The highest BCUT2D eigenvalue weighted by Crippen LogP contribution is 2.35. The summed E-state index contributed by atoms with van der Waals surface area (Å²) in [6.45, 7) is 6.00. The maximum absolute atomic E-state index is 12.3. The third kappa shape index (κ3) is 2.61. The number of fused-ring (bicyclic) bond motifs is 2. The normalized spacial score (nSPS) is 11.7. The Labute approximate surface area is 153 Å². The van der Waals surface area contributed by atoms with Gasteiger partial charge >= 0.3 is 5.63 Å². The monoisotopic (exact) mass is 396 g/mol. The number of aryl methyl sites for hydroxylation is 1. The maximum atomic E-state index is 12.3. The summed E-state index contributed by atoms with van der Waals surface area (Å²) in [5, 5.41) is 1.97. The summed E-state index contributed by atoms with van der Waals surface area (Å²) in [4.78, 5) is 12.3. The van der Waals surface area contributed by atoms with Crippen LogP contribution in [-0.4, -0.2) is 0 Å². The van der Waals surface area contributed by atoms with Gasteiger partial charge in [-0.1, -0.05) is 41.9 Å². The van der Waals surface area contributed by atoms with Crippen molar-refractivity contribution >= 4 is 37.9 Å². The minimum atomic E-state index is -0.265. The van der Waals surface area contributed by atoms with Crippen LogP contribution in [0.4, 0.5) is 0 Å². The van der Waals surface area contributed by atoms with E-state index in [0.29, 0.717) is 11.2 Å². The number of halogens is 1. The molecule has 0 radical (unpaired) electrons. The molecule has 2 heterocycles. The average molecular weight is 397 g/mol. The standard InChI is InChI=1S/C21H17BrO3/c1-11(2)20-12(3)15-8-16-17(13-4-6-14(22)7-5-13)10-24-18(16)9-19(15)25-21(20)23/h4-11H,1-3H3. The van der Waals surface area contributed by atoms with E-state index < -0.39 is 0 Å². The summed E-state index contributed by atoms with van der Waals surface area (Å²) in [6.07, 6.45) is 1.75. The minimum absolute atomic E-state index is 0.117.